The van der Waals surface area contributed by atoms with E-state index >= 15 is 0 Å². The Balaban J connectivity index is 1.49. The maximum Gasteiger partial charge on any atom is 0.0319 e. The number of piperidine rings is 1. The summed E-state index contributed by atoms with van der Waals surface area (Å²) in [5.41, 5.74) is 2.84. The lowest BCUT2D eigenvalue weighted by Crippen LogP contribution is -2.43. The molecule has 2 nitrogen and oxygen atoms in total. The smallest absolute Gasteiger partial charge is 0.0319 e. The third-order valence-corrected chi connectivity index (χ3v) is 4.99. The first-order valence-corrected chi connectivity index (χ1v) is 8.26. The summed E-state index contributed by atoms with van der Waals surface area (Å²) in [6.45, 7) is 8.27. The fourth-order valence-corrected chi connectivity index (χ4v) is 3.29. The second kappa shape index (κ2) is 6.28. The summed E-state index contributed by atoms with van der Waals surface area (Å²) in [5, 5.41) is 3.77. The summed E-state index contributed by atoms with van der Waals surface area (Å²) in [5.74, 6) is 0.999. The van der Waals surface area contributed by atoms with Crippen molar-refractivity contribution >= 4 is 0 Å². The van der Waals surface area contributed by atoms with Crippen LogP contribution in [0, 0.1) is 12.8 Å². The van der Waals surface area contributed by atoms with E-state index in [-0.39, 0.29) is 0 Å². The van der Waals surface area contributed by atoms with Gasteiger partial charge in [-0.3, -0.25) is 4.90 Å². The summed E-state index contributed by atoms with van der Waals surface area (Å²) in [7, 11) is 0. The Morgan fingerprint density at radius 3 is 2.60 bits per heavy atom. The highest BCUT2D eigenvalue weighted by Gasteiger charge is 2.26. The highest BCUT2D eigenvalue weighted by Crippen LogP contribution is 2.29. The summed E-state index contributed by atoms with van der Waals surface area (Å²) in [6.07, 6.45) is 5.53. The van der Waals surface area contributed by atoms with E-state index in [1.165, 1.54) is 56.4 Å². The van der Waals surface area contributed by atoms with Crippen molar-refractivity contribution in [1.82, 2.24) is 10.2 Å². The molecule has 3 rings (SSSR count). The number of rotatable bonds is 5. The van der Waals surface area contributed by atoms with E-state index in [4.69, 9.17) is 0 Å². The molecule has 0 bridgehead atoms. The SMILES string of the molecule is Cc1cccc(C(C)N2CCC(NCC3CC3)CC2)c1. The molecule has 0 radical (unpaired) electrons. The first-order valence-electron chi connectivity index (χ1n) is 8.26. The molecule has 1 aromatic carbocycles. The number of nitrogens with zero attached hydrogens (tertiary/aromatic N) is 1. The van der Waals surface area contributed by atoms with Crippen LogP contribution >= 0.6 is 0 Å². The normalized spacial score (nSPS) is 22.9. The molecule has 20 heavy (non-hydrogen) atoms. The Labute approximate surface area is 123 Å². The predicted octanol–water partition coefficient (Wildman–Crippen LogP) is 3.52. The fourth-order valence-electron chi connectivity index (χ4n) is 3.29. The van der Waals surface area contributed by atoms with Gasteiger partial charge in [-0.2, -0.15) is 0 Å². The van der Waals surface area contributed by atoms with Gasteiger partial charge in [-0.05, 0) is 57.6 Å². The van der Waals surface area contributed by atoms with E-state index in [0.717, 1.165) is 12.0 Å². The molecule has 0 amide bonds. The van der Waals surface area contributed by atoms with Crippen LogP contribution in [0.15, 0.2) is 24.3 Å². The van der Waals surface area contributed by atoms with Crippen molar-refractivity contribution in [1.29, 1.82) is 0 Å². The van der Waals surface area contributed by atoms with E-state index in [2.05, 4.69) is 48.3 Å². The standard InChI is InChI=1S/C18H28N2/c1-14-4-3-5-17(12-14)15(2)20-10-8-18(9-11-20)19-13-16-6-7-16/h3-5,12,15-16,18-19H,6-11,13H2,1-2H3. The number of likely N-dealkylation sites (tertiary alicyclic amines) is 1. The van der Waals surface area contributed by atoms with E-state index in [1.807, 2.05) is 0 Å². The molecule has 2 aliphatic rings. The van der Waals surface area contributed by atoms with Gasteiger partial charge in [0.1, 0.15) is 0 Å². The summed E-state index contributed by atoms with van der Waals surface area (Å²) in [4.78, 5) is 2.64. The molecular weight excluding hydrogens is 244 g/mol. The quantitative estimate of drug-likeness (QED) is 0.882. The molecule has 1 saturated carbocycles. The first-order chi connectivity index (χ1) is 9.72. The number of hydrogen-bond acceptors (Lipinski definition) is 2. The van der Waals surface area contributed by atoms with Crippen LogP contribution in [-0.4, -0.2) is 30.6 Å². The molecule has 1 unspecified atom stereocenters. The minimum Gasteiger partial charge on any atom is -0.314 e. The molecule has 1 N–H and O–H groups in total. The second-order valence-electron chi connectivity index (χ2n) is 6.75. The largest absolute Gasteiger partial charge is 0.314 e. The first kappa shape index (κ1) is 14.1. The van der Waals surface area contributed by atoms with Gasteiger partial charge in [0.15, 0.2) is 0 Å². The van der Waals surface area contributed by atoms with E-state index < -0.39 is 0 Å². The lowest BCUT2D eigenvalue weighted by Gasteiger charge is -2.36. The molecule has 1 aliphatic heterocycles. The van der Waals surface area contributed by atoms with Gasteiger partial charge in [-0.25, -0.2) is 0 Å². The Morgan fingerprint density at radius 2 is 1.95 bits per heavy atom. The minimum atomic E-state index is 0.555. The van der Waals surface area contributed by atoms with Crippen molar-refractivity contribution in [3.63, 3.8) is 0 Å². The summed E-state index contributed by atoms with van der Waals surface area (Å²) >= 11 is 0. The molecule has 1 saturated heterocycles. The minimum absolute atomic E-state index is 0.555. The van der Waals surface area contributed by atoms with Crippen LogP contribution in [0.5, 0.6) is 0 Å². The highest BCUT2D eigenvalue weighted by molar-refractivity contribution is 5.24. The van der Waals surface area contributed by atoms with Gasteiger partial charge >= 0.3 is 0 Å². The molecule has 2 heteroatoms. The van der Waals surface area contributed by atoms with Crippen LogP contribution in [-0.2, 0) is 0 Å². The number of benzene rings is 1. The number of aryl methyl sites for hydroxylation is 1. The van der Waals surface area contributed by atoms with Gasteiger partial charge in [0, 0.05) is 25.2 Å². The lowest BCUT2D eigenvalue weighted by atomic mass is 9.99. The molecule has 1 heterocycles. The van der Waals surface area contributed by atoms with Crippen molar-refractivity contribution in [2.24, 2.45) is 5.92 Å². The zero-order valence-corrected chi connectivity index (χ0v) is 12.9. The highest BCUT2D eigenvalue weighted by atomic mass is 15.2. The van der Waals surface area contributed by atoms with E-state index in [1.54, 1.807) is 0 Å². The molecule has 0 spiro atoms. The van der Waals surface area contributed by atoms with Gasteiger partial charge in [-0.1, -0.05) is 29.8 Å². The van der Waals surface area contributed by atoms with Crippen LogP contribution in [0.2, 0.25) is 0 Å². The van der Waals surface area contributed by atoms with Crippen molar-refractivity contribution in [2.75, 3.05) is 19.6 Å². The molecule has 1 aliphatic carbocycles. The third-order valence-electron chi connectivity index (χ3n) is 4.99. The van der Waals surface area contributed by atoms with Crippen LogP contribution in [0.25, 0.3) is 0 Å². The Kier molecular flexibility index (Phi) is 4.42. The molecule has 2 fully saturated rings. The average Bonchev–Trinajstić information content (AvgIpc) is 3.29. The molecule has 1 atom stereocenters. The van der Waals surface area contributed by atoms with Crippen molar-refractivity contribution in [3.05, 3.63) is 35.4 Å². The summed E-state index contributed by atoms with van der Waals surface area (Å²) < 4.78 is 0. The monoisotopic (exact) mass is 272 g/mol. The topological polar surface area (TPSA) is 15.3 Å². The van der Waals surface area contributed by atoms with Crippen molar-refractivity contribution in [2.45, 2.75) is 51.6 Å². The fraction of sp³-hybridized carbons (Fsp3) is 0.667. The second-order valence-corrected chi connectivity index (χ2v) is 6.75. The Hall–Kier alpha value is -0.860. The molecular formula is C18H28N2. The van der Waals surface area contributed by atoms with E-state index in [9.17, 15) is 0 Å². The van der Waals surface area contributed by atoms with Crippen LogP contribution in [0.1, 0.15) is 49.8 Å². The lowest BCUT2D eigenvalue weighted by molar-refractivity contribution is 0.152. The van der Waals surface area contributed by atoms with Gasteiger partial charge in [0.25, 0.3) is 0 Å². The van der Waals surface area contributed by atoms with Crippen LogP contribution in [0.4, 0.5) is 0 Å². The predicted molar refractivity (Wildman–Crippen MR) is 84.9 cm³/mol. The summed E-state index contributed by atoms with van der Waals surface area (Å²) in [6, 6.07) is 10.3. The third kappa shape index (κ3) is 3.62. The molecule has 0 aromatic heterocycles. The number of hydrogen-bond donors (Lipinski definition) is 1. The van der Waals surface area contributed by atoms with Gasteiger partial charge < -0.3 is 5.32 Å². The Morgan fingerprint density at radius 1 is 1.20 bits per heavy atom. The van der Waals surface area contributed by atoms with Gasteiger partial charge in [0.05, 0.1) is 0 Å². The number of nitrogens with one attached hydrogen (secondary N) is 1. The average molecular weight is 272 g/mol. The maximum atomic E-state index is 3.77. The van der Waals surface area contributed by atoms with Crippen molar-refractivity contribution in [3.8, 4) is 0 Å². The molecule has 110 valence electrons. The van der Waals surface area contributed by atoms with Crippen LogP contribution < -0.4 is 5.32 Å². The van der Waals surface area contributed by atoms with Crippen molar-refractivity contribution < 1.29 is 0 Å². The maximum absolute atomic E-state index is 3.77. The van der Waals surface area contributed by atoms with Crippen LogP contribution in [0.3, 0.4) is 0 Å². The zero-order valence-electron chi connectivity index (χ0n) is 12.9. The zero-order chi connectivity index (χ0) is 13.9. The molecule has 1 aromatic rings. The van der Waals surface area contributed by atoms with E-state index in [0.29, 0.717) is 6.04 Å². The van der Waals surface area contributed by atoms with Gasteiger partial charge in [0.2, 0.25) is 0 Å². The van der Waals surface area contributed by atoms with Gasteiger partial charge in [-0.15, -0.1) is 0 Å². The Bertz CT molecular complexity index is 431.